The highest BCUT2D eigenvalue weighted by Gasteiger charge is 2.12. The van der Waals surface area contributed by atoms with E-state index in [1.165, 1.54) is 0 Å². The summed E-state index contributed by atoms with van der Waals surface area (Å²) >= 11 is 6.04. The van der Waals surface area contributed by atoms with Gasteiger partial charge in [0, 0.05) is 19.1 Å². The predicted octanol–water partition coefficient (Wildman–Crippen LogP) is 1.58. The van der Waals surface area contributed by atoms with Crippen molar-refractivity contribution in [2.24, 2.45) is 0 Å². The van der Waals surface area contributed by atoms with E-state index in [-0.39, 0.29) is 0 Å². The number of aryl methyl sites for hydroxylation is 1. The van der Waals surface area contributed by atoms with Crippen LogP contribution in [-0.2, 0) is 11.2 Å². The van der Waals surface area contributed by atoms with Gasteiger partial charge < -0.3 is 4.74 Å². The Morgan fingerprint density at radius 1 is 1.25 bits per heavy atom. The molecule has 0 saturated carbocycles. The molecule has 0 aliphatic rings. The molecule has 0 unspecified atom stereocenters. The molecule has 2 aromatic heterocycles. The first kappa shape index (κ1) is 11.3. The second-order valence-electron chi connectivity index (χ2n) is 3.64. The van der Waals surface area contributed by atoms with E-state index in [2.05, 4.69) is 15.3 Å². The standard InChI is InChI=1S/C10H13ClN4O/c1-6-7(2)10-13-12-8(4-5-16-3)15(10)14-9(6)11/h4-5H2,1-3H3. The van der Waals surface area contributed by atoms with Crippen molar-refractivity contribution in [3.05, 3.63) is 22.1 Å². The van der Waals surface area contributed by atoms with Crippen molar-refractivity contribution in [2.45, 2.75) is 20.3 Å². The average Bonchev–Trinajstić information content (AvgIpc) is 2.66. The van der Waals surface area contributed by atoms with Crippen molar-refractivity contribution in [1.82, 2.24) is 19.8 Å². The maximum absolute atomic E-state index is 6.04. The lowest BCUT2D eigenvalue weighted by Crippen LogP contribution is -2.05. The molecule has 0 fully saturated rings. The molecule has 6 heteroatoms. The van der Waals surface area contributed by atoms with Crippen LogP contribution in [0.15, 0.2) is 0 Å². The van der Waals surface area contributed by atoms with E-state index < -0.39 is 0 Å². The zero-order chi connectivity index (χ0) is 11.7. The number of hydrogen-bond donors (Lipinski definition) is 0. The van der Waals surface area contributed by atoms with Crippen molar-refractivity contribution in [1.29, 1.82) is 0 Å². The Morgan fingerprint density at radius 2 is 2.00 bits per heavy atom. The summed E-state index contributed by atoms with van der Waals surface area (Å²) in [6.07, 6.45) is 0.670. The zero-order valence-corrected chi connectivity index (χ0v) is 10.2. The van der Waals surface area contributed by atoms with Crippen LogP contribution >= 0.6 is 11.6 Å². The van der Waals surface area contributed by atoms with Gasteiger partial charge in [-0.05, 0) is 19.4 Å². The fraction of sp³-hybridized carbons (Fsp3) is 0.500. The van der Waals surface area contributed by atoms with Crippen LogP contribution in [0.2, 0.25) is 5.15 Å². The summed E-state index contributed by atoms with van der Waals surface area (Å²) in [5, 5.41) is 12.9. The third-order valence-corrected chi connectivity index (χ3v) is 2.99. The van der Waals surface area contributed by atoms with Gasteiger partial charge in [0.25, 0.3) is 0 Å². The summed E-state index contributed by atoms with van der Waals surface area (Å²) in [4.78, 5) is 0. The Hall–Kier alpha value is -1.20. The van der Waals surface area contributed by atoms with Gasteiger partial charge >= 0.3 is 0 Å². The first-order chi connectivity index (χ1) is 7.65. The normalized spacial score (nSPS) is 11.2. The van der Waals surface area contributed by atoms with Crippen molar-refractivity contribution in [3.63, 3.8) is 0 Å². The summed E-state index contributed by atoms with van der Waals surface area (Å²) in [5.74, 6) is 0.766. The molecule has 0 atom stereocenters. The van der Waals surface area contributed by atoms with Crippen molar-refractivity contribution >= 4 is 17.2 Å². The van der Waals surface area contributed by atoms with Gasteiger partial charge in [0.2, 0.25) is 0 Å². The quantitative estimate of drug-likeness (QED) is 0.818. The molecule has 0 aliphatic carbocycles. The molecule has 0 N–H and O–H groups in total. The van der Waals surface area contributed by atoms with Crippen LogP contribution in [0.25, 0.3) is 5.65 Å². The summed E-state index contributed by atoms with van der Waals surface area (Å²) in [6, 6.07) is 0. The van der Waals surface area contributed by atoms with Gasteiger partial charge in [0.1, 0.15) is 0 Å². The minimum Gasteiger partial charge on any atom is -0.384 e. The van der Waals surface area contributed by atoms with Crippen molar-refractivity contribution < 1.29 is 4.74 Å². The smallest absolute Gasteiger partial charge is 0.181 e. The Labute approximate surface area is 98.4 Å². The lowest BCUT2D eigenvalue weighted by Gasteiger charge is -2.04. The Balaban J connectivity index is 2.55. The van der Waals surface area contributed by atoms with Gasteiger partial charge in [-0.3, -0.25) is 0 Å². The molecule has 0 aromatic carbocycles. The van der Waals surface area contributed by atoms with Crippen LogP contribution < -0.4 is 0 Å². The molecule has 0 amide bonds. The molecule has 0 spiro atoms. The molecular weight excluding hydrogens is 228 g/mol. The largest absolute Gasteiger partial charge is 0.384 e. The van der Waals surface area contributed by atoms with E-state index >= 15 is 0 Å². The van der Waals surface area contributed by atoms with E-state index in [9.17, 15) is 0 Å². The van der Waals surface area contributed by atoms with E-state index in [0.717, 1.165) is 22.6 Å². The second-order valence-corrected chi connectivity index (χ2v) is 3.99. The number of aromatic nitrogens is 4. The van der Waals surface area contributed by atoms with Crippen molar-refractivity contribution in [2.75, 3.05) is 13.7 Å². The number of methoxy groups -OCH3 is 1. The summed E-state index contributed by atoms with van der Waals surface area (Å²) < 4.78 is 6.69. The first-order valence-corrected chi connectivity index (χ1v) is 5.39. The first-order valence-electron chi connectivity index (χ1n) is 5.01. The number of fused-ring (bicyclic) bond motifs is 1. The van der Waals surface area contributed by atoms with Gasteiger partial charge in [0.05, 0.1) is 6.61 Å². The number of hydrogen-bond acceptors (Lipinski definition) is 4. The maximum atomic E-state index is 6.04. The lowest BCUT2D eigenvalue weighted by atomic mass is 10.2. The minimum atomic E-state index is 0.489. The second kappa shape index (κ2) is 4.35. The summed E-state index contributed by atoms with van der Waals surface area (Å²) in [5.41, 5.74) is 2.71. The van der Waals surface area contributed by atoms with Crippen LogP contribution in [0.5, 0.6) is 0 Å². The fourth-order valence-electron chi connectivity index (χ4n) is 1.49. The van der Waals surface area contributed by atoms with Gasteiger partial charge in [-0.15, -0.1) is 10.2 Å². The zero-order valence-electron chi connectivity index (χ0n) is 9.49. The van der Waals surface area contributed by atoms with Crippen LogP contribution in [0.4, 0.5) is 0 Å². The van der Waals surface area contributed by atoms with Gasteiger partial charge in [-0.2, -0.15) is 9.61 Å². The van der Waals surface area contributed by atoms with E-state index in [1.54, 1.807) is 11.6 Å². The third kappa shape index (κ3) is 1.76. The predicted molar refractivity (Wildman–Crippen MR) is 60.8 cm³/mol. The number of halogens is 1. The SMILES string of the molecule is COCCc1nnc2c(C)c(C)c(Cl)nn12. The molecule has 2 rings (SSSR count). The third-order valence-electron chi connectivity index (χ3n) is 2.63. The molecule has 0 aliphatic heterocycles. The highest BCUT2D eigenvalue weighted by Crippen LogP contribution is 2.19. The van der Waals surface area contributed by atoms with E-state index in [4.69, 9.17) is 16.3 Å². The monoisotopic (exact) mass is 240 g/mol. The topological polar surface area (TPSA) is 52.3 Å². The minimum absolute atomic E-state index is 0.489. The summed E-state index contributed by atoms with van der Waals surface area (Å²) in [6.45, 7) is 4.48. The van der Waals surface area contributed by atoms with Gasteiger partial charge in [0.15, 0.2) is 16.6 Å². The fourth-order valence-corrected chi connectivity index (χ4v) is 1.70. The highest BCUT2D eigenvalue weighted by molar-refractivity contribution is 6.30. The lowest BCUT2D eigenvalue weighted by molar-refractivity contribution is 0.200. The Kier molecular flexibility index (Phi) is 3.07. The Morgan fingerprint density at radius 3 is 2.69 bits per heavy atom. The number of ether oxygens (including phenoxy) is 1. The molecule has 2 heterocycles. The maximum Gasteiger partial charge on any atom is 0.181 e. The van der Waals surface area contributed by atoms with Gasteiger partial charge in [-0.1, -0.05) is 11.6 Å². The molecular formula is C10H13ClN4O. The van der Waals surface area contributed by atoms with E-state index in [0.29, 0.717) is 18.2 Å². The van der Waals surface area contributed by atoms with E-state index in [1.807, 2.05) is 13.8 Å². The van der Waals surface area contributed by atoms with Crippen LogP contribution in [0.3, 0.4) is 0 Å². The average molecular weight is 241 g/mol. The number of nitrogens with zero attached hydrogens (tertiary/aromatic N) is 4. The molecule has 0 radical (unpaired) electrons. The molecule has 0 saturated heterocycles. The van der Waals surface area contributed by atoms with Crippen molar-refractivity contribution in [3.8, 4) is 0 Å². The number of rotatable bonds is 3. The van der Waals surface area contributed by atoms with Gasteiger partial charge in [-0.25, -0.2) is 0 Å². The molecule has 5 nitrogen and oxygen atoms in total. The van der Waals surface area contributed by atoms with Crippen LogP contribution in [0.1, 0.15) is 17.0 Å². The van der Waals surface area contributed by atoms with Crippen LogP contribution in [-0.4, -0.2) is 33.5 Å². The highest BCUT2D eigenvalue weighted by atomic mass is 35.5. The Bertz CT molecular complexity index is 523. The molecule has 86 valence electrons. The summed E-state index contributed by atoms with van der Waals surface area (Å²) in [7, 11) is 1.65. The molecule has 0 bridgehead atoms. The van der Waals surface area contributed by atoms with Crippen LogP contribution in [0, 0.1) is 13.8 Å². The molecule has 2 aromatic rings. The molecule has 16 heavy (non-hydrogen) atoms.